The molecule has 1 heterocycles. The number of rotatable bonds is 2. The van der Waals surface area contributed by atoms with E-state index in [1.165, 1.54) is 0 Å². The molecule has 0 aromatic rings. The lowest BCUT2D eigenvalue weighted by Gasteiger charge is -2.41. The van der Waals surface area contributed by atoms with Gasteiger partial charge in [0.2, 0.25) is 5.91 Å². The number of hydrogen-bond acceptors (Lipinski definition) is 2. The second-order valence-corrected chi connectivity index (χ2v) is 5.69. The van der Waals surface area contributed by atoms with Gasteiger partial charge >= 0.3 is 0 Å². The predicted molar refractivity (Wildman–Crippen MR) is 66.3 cm³/mol. The molecule has 1 saturated heterocycles. The first-order valence-corrected chi connectivity index (χ1v) is 6.66. The minimum atomic E-state index is 0.101. The molecule has 1 aliphatic rings. The molecular formula is C11H21BrN2O. The van der Waals surface area contributed by atoms with Crippen molar-refractivity contribution in [2.45, 2.75) is 45.2 Å². The number of piperidine rings is 1. The van der Waals surface area contributed by atoms with Crippen LogP contribution in [-0.4, -0.2) is 40.8 Å². The molecule has 0 atom stereocenters. The van der Waals surface area contributed by atoms with Crippen LogP contribution >= 0.6 is 15.9 Å². The van der Waals surface area contributed by atoms with Crippen LogP contribution in [0.3, 0.4) is 0 Å². The van der Waals surface area contributed by atoms with Gasteiger partial charge in [-0.3, -0.25) is 9.69 Å². The van der Waals surface area contributed by atoms with Gasteiger partial charge < -0.3 is 5.32 Å². The smallest absolute Gasteiger partial charge is 0.230 e. The summed E-state index contributed by atoms with van der Waals surface area (Å²) in [6, 6.07) is 0.369. The zero-order chi connectivity index (χ0) is 11.5. The third-order valence-corrected chi connectivity index (χ3v) is 3.44. The number of hydrogen-bond donors (Lipinski definition) is 1. The summed E-state index contributed by atoms with van der Waals surface area (Å²) in [7, 11) is 0. The van der Waals surface area contributed by atoms with Crippen LogP contribution in [0.5, 0.6) is 0 Å². The molecule has 0 aliphatic carbocycles. The molecule has 1 fully saturated rings. The van der Waals surface area contributed by atoms with Gasteiger partial charge in [-0.2, -0.15) is 0 Å². The van der Waals surface area contributed by atoms with E-state index in [1.54, 1.807) is 0 Å². The van der Waals surface area contributed by atoms with E-state index >= 15 is 0 Å². The van der Waals surface area contributed by atoms with Gasteiger partial charge in [-0.15, -0.1) is 0 Å². The van der Waals surface area contributed by atoms with Gasteiger partial charge in [0.05, 0.1) is 5.33 Å². The topological polar surface area (TPSA) is 32.3 Å². The Morgan fingerprint density at radius 2 is 1.93 bits per heavy atom. The first kappa shape index (κ1) is 13.0. The molecule has 0 aromatic carbocycles. The fraction of sp³-hybridized carbons (Fsp3) is 0.909. The third-order valence-electron chi connectivity index (χ3n) is 2.93. The summed E-state index contributed by atoms with van der Waals surface area (Å²) in [6.07, 6.45) is 2.13. The highest BCUT2D eigenvalue weighted by atomic mass is 79.9. The maximum atomic E-state index is 11.2. The van der Waals surface area contributed by atoms with Gasteiger partial charge in [0, 0.05) is 24.7 Å². The van der Waals surface area contributed by atoms with E-state index in [-0.39, 0.29) is 11.4 Å². The normalized spacial score (nSPS) is 20.3. The van der Waals surface area contributed by atoms with Gasteiger partial charge in [-0.25, -0.2) is 0 Å². The maximum Gasteiger partial charge on any atom is 0.230 e. The number of halogens is 1. The average Bonchev–Trinajstić information content (AvgIpc) is 2.17. The van der Waals surface area contributed by atoms with Crippen LogP contribution in [0.4, 0.5) is 0 Å². The van der Waals surface area contributed by atoms with Crippen molar-refractivity contribution in [3.05, 3.63) is 0 Å². The molecule has 0 saturated carbocycles. The van der Waals surface area contributed by atoms with Gasteiger partial charge in [0.1, 0.15) is 0 Å². The second kappa shape index (κ2) is 5.30. The van der Waals surface area contributed by atoms with E-state index in [4.69, 9.17) is 0 Å². The molecule has 0 bridgehead atoms. The van der Waals surface area contributed by atoms with E-state index in [0.717, 1.165) is 25.9 Å². The molecule has 0 unspecified atom stereocenters. The van der Waals surface area contributed by atoms with Crippen LogP contribution < -0.4 is 5.32 Å². The van der Waals surface area contributed by atoms with Crippen molar-refractivity contribution in [3.63, 3.8) is 0 Å². The van der Waals surface area contributed by atoms with Crippen molar-refractivity contribution in [2.24, 2.45) is 0 Å². The molecule has 3 nitrogen and oxygen atoms in total. The number of likely N-dealkylation sites (tertiary alicyclic amines) is 1. The van der Waals surface area contributed by atoms with Crippen molar-refractivity contribution in [1.29, 1.82) is 0 Å². The summed E-state index contributed by atoms with van der Waals surface area (Å²) >= 11 is 3.16. The van der Waals surface area contributed by atoms with E-state index in [1.807, 2.05) is 0 Å². The lowest BCUT2D eigenvalue weighted by atomic mass is 9.98. The van der Waals surface area contributed by atoms with Crippen LogP contribution in [0.25, 0.3) is 0 Å². The van der Waals surface area contributed by atoms with E-state index in [0.29, 0.717) is 11.4 Å². The average molecular weight is 277 g/mol. The highest BCUT2D eigenvalue weighted by molar-refractivity contribution is 9.09. The van der Waals surface area contributed by atoms with Gasteiger partial charge in [-0.1, -0.05) is 15.9 Å². The molecule has 0 radical (unpaired) electrons. The highest BCUT2D eigenvalue weighted by Crippen LogP contribution is 2.19. The van der Waals surface area contributed by atoms with Crippen LogP contribution in [-0.2, 0) is 4.79 Å². The Balaban J connectivity index is 2.33. The van der Waals surface area contributed by atoms with E-state index < -0.39 is 0 Å². The Labute approximate surface area is 101 Å². The van der Waals surface area contributed by atoms with Crippen molar-refractivity contribution in [3.8, 4) is 0 Å². The Morgan fingerprint density at radius 3 is 2.33 bits per heavy atom. The number of nitrogens with one attached hydrogen (secondary N) is 1. The largest absolute Gasteiger partial charge is 0.353 e. The minimum Gasteiger partial charge on any atom is -0.353 e. The summed E-state index contributed by atoms with van der Waals surface area (Å²) in [5.41, 5.74) is 0.254. The lowest BCUT2D eigenvalue weighted by molar-refractivity contribution is -0.119. The number of carbonyl (C=O) groups is 1. The zero-order valence-electron chi connectivity index (χ0n) is 9.85. The predicted octanol–water partition coefficient (Wildman–Crippen LogP) is 1.76. The van der Waals surface area contributed by atoms with Crippen LogP contribution in [0, 0.1) is 0 Å². The minimum absolute atomic E-state index is 0.101. The summed E-state index contributed by atoms with van der Waals surface area (Å²) in [5.74, 6) is 0.101. The van der Waals surface area contributed by atoms with Crippen molar-refractivity contribution in [2.75, 3.05) is 18.4 Å². The Bertz CT molecular complexity index is 217. The summed E-state index contributed by atoms with van der Waals surface area (Å²) in [5, 5.41) is 3.44. The maximum absolute atomic E-state index is 11.2. The quantitative estimate of drug-likeness (QED) is 0.780. The Morgan fingerprint density at radius 1 is 1.40 bits per heavy atom. The van der Waals surface area contributed by atoms with Crippen LogP contribution in [0.1, 0.15) is 33.6 Å². The van der Waals surface area contributed by atoms with Crippen molar-refractivity contribution < 1.29 is 4.79 Å². The highest BCUT2D eigenvalue weighted by Gasteiger charge is 2.27. The molecular weight excluding hydrogens is 256 g/mol. The summed E-state index contributed by atoms with van der Waals surface area (Å²) in [6.45, 7) is 8.88. The summed E-state index contributed by atoms with van der Waals surface area (Å²) in [4.78, 5) is 13.7. The molecule has 15 heavy (non-hydrogen) atoms. The second-order valence-electron chi connectivity index (χ2n) is 5.13. The molecule has 1 amide bonds. The molecule has 1 rings (SSSR count). The van der Waals surface area contributed by atoms with Crippen molar-refractivity contribution in [1.82, 2.24) is 10.2 Å². The zero-order valence-corrected chi connectivity index (χ0v) is 11.4. The molecule has 88 valence electrons. The molecule has 0 aromatic heterocycles. The van der Waals surface area contributed by atoms with Crippen LogP contribution in [0.2, 0.25) is 0 Å². The lowest BCUT2D eigenvalue weighted by Crippen LogP contribution is -2.51. The fourth-order valence-electron chi connectivity index (χ4n) is 1.96. The standard InChI is InChI=1S/C11H21BrN2O/c1-11(2,3)14-6-4-9(5-7-14)13-10(15)8-12/h9H,4-8H2,1-3H3,(H,13,15). The van der Waals surface area contributed by atoms with E-state index in [2.05, 4.69) is 46.9 Å². The van der Waals surface area contributed by atoms with E-state index in [9.17, 15) is 4.79 Å². The number of nitrogens with zero attached hydrogens (tertiary/aromatic N) is 1. The van der Waals surface area contributed by atoms with Crippen molar-refractivity contribution >= 4 is 21.8 Å². The number of amides is 1. The number of carbonyl (C=O) groups excluding carboxylic acids is 1. The van der Waals surface area contributed by atoms with Gasteiger partial charge in [-0.05, 0) is 33.6 Å². The summed E-state index contributed by atoms with van der Waals surface area (Å²) < 4.78 is 0. The molecule has 4 heteroatoms. The molecule has 1 aliphatic heterocycles. The van der Waals surface area contributed by atoms with Crippen LogP contribution in [0.15, 0.2) is 0 Å². The third kappa shape index (κ3) is 4.11. The Hall–Kier alpha value is -0.0900. The molecule has 1 N–H and O–H groups in total. The molecule has 0 spiro atoms. The fourth-order valence-corrected chi connectivity index (χ4v) is 2.12. The first-order chi connectivity index (χ1) is 6.93. The first-order valence-electron chi connectivity index (χ1n) is 5.54. The number of alkyl halides is 1. The Kier molecular flexibility index (Phi) is 4.59. The monoisotopic (exact) mass is 276 g/mol. The van der Waals surface area contributed by atoms with Gasteiger partial charge in [0.25, 0.3) is 0 Å². The SMILES string of the molecule is CC(C)(C)N1CCC(NC(=O)CBr)CC1. The van der Waals surface area contributed by atoms with Gasteiger partial charge in [0.15, 0.2) is 0 Å².